The molecular formula is C13H18N2O4. The van der Waals surface area contributed by atoms with Crippen LogP contribution in [-0.4, -0.2) is 29.1 Å². The van der Waals surface area contributed by atoms with Crippen LogP contribution >= 0.6 is 0 Å². The molecule has 0 aliphatic heterocycles. The number of carbonyl (C=O) groups excluding carboxylic acids is 1. The predicted octanol–water partition coefficient (Wildman–Crippen LogP) is 1.27. The van der Waals surface area contributed by atoms with Crippen LogP contribution in [0.3, 0.4) is 0 Å². The summed E-state index contributed by atoms with van der Waals surface area (Å²) in [5.41, 5.74) is 0.598. The third kappa shape index (κ3) is 5.48. The largest absolute Gasteiger partial charge is 0.396 e. The highest BCUT2D eigenvalue weighted by Crippen LogP contribution is 2.13. The lowest BCUT2D eigenvalue weighted by Gasteiger charge is -2.11. The summed E-state index contributed by atoms with van der Waals surface area (Å²) in [6.45, 7) is 2.53. The molecule has 0 heterocycles. The van der Waals surface area contributed by atoms with E-state index < -0.39 is 4.92 Å². The van der Waals surface area contributed by atoms with E-state index in [1.54, 1.807) is 12.1 Å². The van der Waals surface area contributed by atoms with Crippen LogP contribution in [0.15, 0.2) is 24.3 Å². The highest BCUT2D eigenvalue weighted by atomic mass is 16.6. The molecule has 0 spiro atoms. The lowest BCUT2D eigenvalue weighted by molar-refractivity contribution is -0.384. The van der Waals surface area contributed by atoms with Crippen molar-refractivity contribution in [2.45, 2.75) is 19.8 Å². The molecule has 1 amide bonds. The van der Waals surface area contributed by atoms with Crippen molar-refractivity contribution in [1.29, 1.82) is 0 Å². The summed E-state index contributed by atoms with van der Waals surface area (Å²) in [6.07, 6.45) is 0.755. The average Bonchev–Trinajstić information content (AvgIpc) is 2.37. The summed E-state index contributed by atoms with van der Waals surface area (Å²) < 4.78 is 0. The molecule has 104 valence electrons. The van der Waals surface area contributed by atoms with Gasteiger partial charge in [0.05, 0.1) is 11.3 Å². The number of nitrogens with zero attached hydrogens (tertiary/aromatic N) is 1. The number of aliphatic hydroxyl groups is 1. The molecule has 0 aromatic heterocycles. The molecule has 2 N–H and O–H groups in total. The standard InChI is InChI=1S/C13H18N2O4/c1-10(5-6-16)9-14-13(17)8-11-3-2-4-12(7-11)15(18)19/h2-4,7,10,16H,5-6,8-9H2,1H3,(H,14,17). The molecule has 0 aliphatic rings. The molecule has 1 aromatic rings. The van der Waals surface area contributed by atoms with Crippen molar-refractivity contribution >= 4 is 11.6 Å². The Morgan fingerprint density at radius 2 is 2.26 bits per heavy atom. The van der Waals surface area contributed by atoms with Crippen LogP contribution in [0, 0.1) is 16.0 Å². The average molecular weight is 266 g/mol. The van der Waals surface area contributed by atoms with E-state index in [-0.39, 0.29) is 30.5 Å². The highest BCUT2D eigenvalue weighted by molar-refractivity contribution is 5.78. The van der Waals surface area contributed by atoms with E-state index in [0.717, 1.165) is 0 Å². The summed E-state index contributed by atoms with van der Waals surface area (Å²) in [5.74, 6) is 0.0318. The third-order valence-electron chi connectivity index (χ3n) is 2.76. The SMILES string of the molecule is CC(CCO)CNC(=O)Cc1cccc([N+](=O)[O-])c1. The van der Waals surface area contributed by atoms with Crippen LogP contribution in [0.4, 0.5) is 5.69 Å². The van der Waals surface area contributed by atoms with Gasteiger partial charge in [-0.15, -0.1) is 0 Å². The predicted molar refractivity (Wildman–Crippen MR) is 70.7 cm³/mol. The van der Waals surface area contributed by atoms with Gasteiger partial charge in [0.1, 0.15) is 0 Å². The Bertz CT molecular complexity index is 448. The van der Waals surface area contributed by atoms with Gasteiger partial charge in [-0.2, -0.15) is 0 Å². The molecule has 6 heteroatoms. The molecule has 1 atom stereocenters. The molecule has 0 saturated carbocycles. The first kappa shape index (κ1) is 15.1. The summed E-state index contributed by atoms with van der Waals surface area (Å²) in [5, 5.41) is 22.1. The Morgan fingerprint density at radius 1 is 1.53 bits per heavy atom. The Hall–Kier alpha value is -1.95. The molecule has 0 bridgehead atoms. The number of nitro benzene ring substituents is 1. The van der Waals surface area contributed by atoms with Gasteiger partial charge >= 0.3 is 0 Å². The molecule has 6 nitrogen and oxygen atoms in total. The normalized spacial score (nSPS) is 11.9. The number of non-ortho nitro benzene ring substituents is 1. The first-order chi connectivity index (χ1) is 9.02. The van der Waals surface area contributed by atoms with Gasteiger partial charge in [0.25, 0.3) is 5.69 Å². The lowest BCUT2D eigenvalue weighted by Crippen LogP contribution is -2.29. The van der Waals surface area contributed by atoms with E-state index in [1.165, 1.54) is 12.1 Å². The zero-order chi connectivity index (χ0) is 14.3. The van der Waals surface area contributed by atoms with Crippen molar-refractivity contribution in [2.24, 2.45) is 5.92 Å². The second-order valence-electron chi connectivity index (χ2n) is 4.53. The topological polar surface area (TPSA) is 92.5 Å². The quantitative estimate of drug-likeness (QED) is 0.574. The molecular weight excluding hydrogens is 248 g/mol. The van der Waals surface area contributed by atoms with Gasteiger partial charge < -0.3 is 10.4 Å². The second-order valence-corrected chi connectivity index (χ2v) is 4.53. The Labute approximate surface area is 111 Å². The fourth-order valence-corrected chi connectivity index (χ4v) is 1.64. The summed E-state index contributed by atoms with van der Waals surface area (Å²) in [7, 11) is 0. The third-order valence-corrected chi connectivity index (χ3v) is 2.76. The fourth-order valence-electron chi connectivity index (χ4n) is 1.64. The van der Waals surface area contributed by atoms with Crippen molar-refractivity contribution in [1.82, 2.24) is 5.32 Å². The van der Waals surface area contributed by atoms with E-state index >= 15 is 0 Å². The van der Waals surface area contributed by atoms with Crippen LogP contribution in [0.5, 0.6) is 0 Å². The fraction of sp³-hybridized carbons (Fsp3) is 0.462. The first-order valence-electron chi connectivity index (χ1n) is 6.13. The Morgan fingerprint density at radius 3 is 2.89 bits per heavy atom. The van der Waals surface area contributed by atoms with E-state index in [1.807, 2.05) is 6.92 Å². The van der Waals surface area contributed by atoms with Crippen LogP contribution in [0.25, 0.3) is 0 Å². The summed E-state index contributed by atoms with van der Waals surface area (Å²) in [4.78, 5) is 21.8. The van der Waals surface area contributed by atoms with Crippen LogP contribution in [-0.2, 0) is 11.2 Å². The second kappa shape index (κ2) is 7.48. The zero-order valence-corrected chi connectivity index (χ0v) is 10.8. The molecule has 1 aromatic carbocycles. The Kier molecular flexibility index (Phi) is 5.95. The van der Waals surface area contributed by atoms with Gasteiger partial charge in [-0.1, -0.05) is 19.1 Å². The van der Waals surface area contributed by atoms with Gasteiger partial charge in [-0.3, -0.25) is 14.9 Å². The minimum Gasteiger partial charge on any atom is -0.396 e. The van der Waals surface area contributed by atoms with Crippen LogP contribution in [0.2, 0.25) is 0 Å². The number of carbonyl (C=O) groups is 1. The highest BCUT2D eigenvalue weighted by Gasteiger charge is 2.09. The van der Waals surface area contributed by atoms with E-state index in [4.69, 9.17) is 5.11 Å². The van der Waals surface area contributed by atoms with Gasteiger partial charge in [-0.05, 0) is 17.9 Å². The summed E-state index contributed by atoms with van der Waals surface area (Å²) in [6, 6.07) is 6.04. The minimum absolute atomic E-state index is 0.0149. The molecule has 0 saturated heterocycles. The number of nitrogens with one attached hydrogen (secondary N) is 1. The van der Waals surface area contributed by atoms with E-state index in [9.17, 15) is 14.9 Å². The van der Waals surface area contributed by atoms with Gasteiger partial charge in [0.2, 0.25) is 5.91 Å². The van der Waals surface area contributed by atoms with Gasteiger partial charge in [0, 0.05) is 25.3 Å². The smallest absolute Gasteiger partial charge is 0.269 e. The number of nitro groups is 1. The summed E-state index contributed by atoms with van der Waals surface area (Å²) >= 11 is 0. The minimum atomic E-state index is -0.481. The molecule has 19 heavy (non-hydrogen) atoms. The number of hydrogen-bond acceptors (Lipinski definition) is 4. The van der Waals surface area contributed by atoms with Crippen molar-refractivity contribution < 1.29 is 14.8 Å². The number of rotatable bonds is 7. The Balaban J connectivity index is 2.48. The maximum atomic E-state index is 11.7. The monoisotopic (exact) mass is 266 g/mol. The zero-order valence-electron chi connectivity index (χ0n) is 10.8. The van der Waals surface area contributed by atoms with Crippen molar-refractivity contribution in [3.05, 3.63) is 39.9 Å². The van der Waals surface area contributed by atoms with Crippen molar-refractivity contribution in [2.75, 3.05) is 13.2 Å². The van der Waals surface area contributed by atoms with E-state index in [2.05, 4.69) is 5.32 Å². The van der Waals surface area contributed by atoms with E-state index in [0.29, 0.717) is 18.5 Å². The van der Waals surface area contributed by atoms with Crippen molar-refractivity contribution in [3.63, 3.8) is 0 Å². The molecule has 0 radical (unpaired) electrons. The van der Waals surface area contributed by atoms with Crippen LogP contribution in [0.1, 0.15) is 18.9 Å². The molecule has 1 unspecified atom stereocenters. The lowest BCUT2D eigenvalue weighted by atomic mass is 10.1. The molecule has 0 fully saturated rings. The molecule has 1 rings (SSSR count). The number of benzene rings is 1. The number of aliphatic hydroxyl groups excluding tert-OH is 1. The molecule has 0 aliphatic carbocycles. The van der Waals surface area contributed by atoms with Gasteiger partial charge in [0.15, 0.2) is 0 Å². The van der Waals surface area contributed by atoms with Crippen LogP contribution < -0.4 is 5.32 Å². The maximum Gasteiger partial charge on any atom is 0.269 e. The van der Waals surface area contributed by atoms with Gasteiger partial charge in [-0.25, -0.2) is 0 Å². The number of hydrogen-bond donors (Lipinski definition) is 2. The first-order valence-corrected chi connectivity index (χ1v) is 6.13. The van der Waals surface area contributed by atoms with Crippen molar-refractivity contribution in [3.8, 4) is 0 Å². The number of amides is 1. The maximum absolute atomic E-state index is 11.7.